The monoisotopic (exact) mass is 568 g/mol. The van der Waals surface area contributed by atoms with E-state index in [4.69, 9.17) is 4.74 Å². The number of ether oxygens (including phenoxy) is 1. The van der Waals surface area contributed by atoms with Gasteiger partial charge >= 0.3 is 0 Å². The van der Waals surface area contributed by atoms with Gasteiger partial charge in [-0.3, -0.25) is 9.59 Å². The third kappa shape index (κ3) is 5.44. The maximum atomic E-state index is 13.6. The number of amides is 1. The van der Waals surface area contributed by atoms with Gasteiger partial charge in [-0.1, -0.05) is 18.2 Å². The molecule has 3 heterocycles. The third-order valence-corrected chi connectivity index (χ3v) is 9.34. The molecule has 0 aliphatic heterocycles. The number of nitrogens with zero attached hydrogens (tertiary/aromatic N) is 3. The molecule has 0 unspecified atom stereocenters. The van der Waals surface area contributed by atoms with Crippen molar-refractivity contribution in [1.29, 1.82) is 0 Å². The molecule has 0 saturated heterocycles. The van der Waals surface area contributed by atoms with Crippen molar-refractivity contribution >= 4 is 22.2 Å². The second-order valence-corrected chi connectivity index (χ2v) is 13.4. The minimum absolute atomic E-state index is 0.0981. The summed E-state index contributed by atoms with van der Waals surface area (Å²) in [4.78, 5) is 26.9. The average Bonchev–Trinajstić information content (AvgIpc) is 3.92. The van der Waals surface area contributed by atoms with Crippen molar-refractivity contribution in [2.45, 2.75) is 88.8 Å². The number of hydrogen-bond donors (Lipinski definition) is 2. The van der Waals surface area contributed by atoms with Crippen molar-refractivity contribution in [2.24, 2.45) is 11.8 Å². The lowest BCUT2D eigenvalue weighted by Gasteiger charge is -2.31. The van der Waals surface area contributed by atoms with Crippen LogP contribution in [0.15, 0.2) is 59.8 Å². The molecule has 3 aromatic heterocycles. The van der Waals surface area contributed by atoms with Crippen molar-refractivity contribution in [3.8, 4) is 5.75 Å². The quantitative estimate of drug-likeness (QED) is 0.273. The van der Waals surface area contributed by atoms with E-state index in [2.05, 4.69) is 27.2 Å². The van der Waals surface area contributed by atoms with Gasteiger partial charge in [-0.05, 0) is 112 Å². The van der Waals surface area contributed by atoms with E-state index >= 15 is 0 Å². The maximum Gasteiger partial charge on any atom is 0.258 e. The molecule has 3 aliphatic carbocycles. The van der Waals surface area contributed by atoms with Crippen molar-refractivity contribution in [2.75, 3.05) is 6.61 Å². The minimum Gasteiger partial charge on any atom is -0.489 e. The number of carbonyl (C=O) groups is 1. The van der Waals surface area contributed by atoms with E-state index in [1.807, 2.05) is 24.3 Å². The minimum atomic E-state index is -0.938. The predicted octanol–water partition coefficient (Wildman–Crippen LogP) is 5.62. The standard InChI is InChI=1S/C34H40N4O4/c1-34(2,41)20-42-25-15-16-30-28(17-35-38(30)18-25)32(39)36-24-13-11-21(12-14-24)29-19-37(31(22-7-8-22)23-9-10-23)33(40)27-6-4-3-5-26(27)29/h3-6,15-19,21-24,31,41H,7-14,20H2,1-2H3,(H,36,39). The Bertz CT molecular complexity index is 1670. The van der Waals surface area contributed by atoms with Crippen LogP contribution in [0.3, 0.4) is 0 Å². The van der Waals surface area contributed by atoms with E-state index in [0.29, 0.717) is 40.6 Å². The number of nitrogens with one attached hydrogen (secondary N) is 1. The number of benzene rings is 1. The lowest BCUT2D eigenvalue weighted by molar-refractivity contribution is 0.0283. The first-order valence-corrected chi connectivity index (χ1v) is 15.5. The highest BCUT2D eigenvalue weighted by Gasteiger charge is 2.43. The van der Waals surface area contributed by atoms with Gasteiger partial charge in [0.2, 0.25) is 0 Å². The Hall–Kier alpha value is -3.65. The molecule has 8 nitrogen and oxygen atoms in total. The van der Waals surface area contributed by atoms with Crippen LogP contribution in [-0.4, -0.2) is 43.4 Å². The van der Waals surface area contributed by atoms with Gasteiger partial charge in [-0.25, -0.2) is 4.52 Å². The lowest BCUT2D eigenvalue weighted by atomic mass is 9.80. The SMILES string of the molecule is CC(C)(O)COc1ccc2c(C(=O)NC3CCC(c4cn(C(C5CC5)C5CC5)c(=O)c5ccccc45)CC3)cnn2c1. The van der Waals surface area contributed by atoms with Gasteiger partial charge < -0.3 is 19.7 Å². The number of aromatic nitrogens is 3. The van der Waals surface area contributed by atoms with Crippen LogP contribution in [-0.2, 0) is 0 Å². The summed E-state index contributed by atoms with van der Waals surface area (Å²) in [7, 11) is 0. The fraction of sp³-hybridized carbons (Fsp3) is 0.500. The Morgan fingerprint density at radius 1 is 1.00 bits per heavy atom. The van der Waals surface area contributed by atoms with Gasteiger partial charge in [-0.2, -0.15) is 5.10 Å². The number of rotatable bonds is 9. The number of hydrogen-bond acceptors (Lipinski definition) is 5. The first-order valence-electron chi connectivity index (χ1n) is 15.5. The number of aliphatic hydroxyl groups is 1. The lowest BCUT2D eigenvalue weighted by Crippen LogP contribution is -2.37. The Kier molecular flexibility index (Phi) is 6.84. The van der Waals surface area contributed by atoms with Crippen LogP contribution in [0.2, 0.25) is 0 Å². The van der Waals surface area contributed by atoms with E-state index < -0.39 is 5.60 Å². The number of fused-ring (bicyclic) bond motifs is 2. The van der Waals surface area contributed by atoms with Crippen LogP contribution < -0.4 is 15.6 Å². The fourth-order valence-electron chi connectivity index (χ4n) is 6.90. The first kappa shape index (κ1) is 27.2. The van der Waals surface area contributed by atoms with E-state index in [-0.39, 0.29) is 24.1 Å². The molecule has 0 radical (unpaired) electrons. The molecule has 3 saturated carbocycles. The molecule has 7 rings (SSSR count). The Labute approximate surface area is 245 Å². The highest BCUT2D eigenvalue weighted by atomic mass is 16.5. The van der Waals surface area contributed by atoms with Gasteiger partial charge in [0.1, 0.15) is 12.4 Å². The summed E-state index contributed by atoms with van der Waals surface area (Å²) in [6, 6.07) is 12.2. The van der Waals surface area contributed by atoms with Gasteiger partial charge in [0.15, 0.2) is 0 Å². The predicted molar refractivity (Wildman–Crippen MR) is 162 cm³/mol. The van der Waals surface area contributed by atoms with Crippen molar-refractivity contribution < 1.29 is 14.6 Å². The van der Waals surface area contributed by atoms with Gasteiger partial charge in [0.05, 0.1) is 29.1 Å². The Morgan fingerprint density at radius 3 is 2.36 bits per heavy atom. The molecule has 220 valence electrons. The van der Waals surface area contributed by atoms with Crippen LogP contribution in [0.5, 0.6) is 5.75 Å². The summed E-state index contributed by atoms with van der Waals surface area (Å²) >= 11 is 0. The second kappa shape index (κ2) is 10.6. The highest BCUT2D eigenvalue weighted by Crippen LogP contribution is 2.52. The molecular formula is C34H40N4O4. The van der Waals surface area contributed by atoms with Crippen LogP contribution in [0, 0.1) is 11.8 Å². The fourth-order valence-corrected chi connectivity index (χ4v) is 6.90. The van der Waals surface area contributed by atoms with Crippen molar-refractivity contribution in [3.63, 3.8) is 0 Å². The van der Waals surface area contributed by atoms with E-state index in [1.54, 1.807) is 36.8 Å². The summed E-state index contributed by atoms with van der Waals surface area (Å²) in [6.45, 7) is 3.54. The van der Waals surface area contributed by atoms with Crippen LogP contribution in [0.25, 0.3) is 16.3 Å². The Balaban J connectivity index is 1.05. The zero-order chi connectivity index (χ0) is 29.0. The largest absolute Gasteiger partial charge is 0.489 e. The smallest absolute Gasteiger partial charge is 0.258 e. The zero-order valence-corrected chi connectivity index (χ0v) is 24.5. The normalized spacial score (nSPS) is 21.2. The van der Waals surface area contributed by atoms with Gasteiger partial charge in [-0.15, -0.1) is 0 Å². The van der Waals surface area contributed by atoms with Crippen LogP contribution in [0.4, 0.5) is 0 Å². The van der Waals surface area contributed by atoms with E-state index in [1.165, 1.54) is 31.2 Å². The molecule has 3 aliphatic rings. The molecule has 0 spiro atoms. The zero-order valence-electron chi connectivity index (χ0n) is 24.5. The summed E-state index contributed by atoms with van der Waals surface area (Å²) in [5.41, 5.74) is 1.78. The highest BCUT2D eigenvalue weighted by molar-refractivity contribution is 6.00. The second-order valence-electron chi connectivity index (χ2n) is 13.4. The van der Waals surface area contributed by atoms with Gasteiger partial charge in [0.25, 0.3) is 11.5 Å². The van der Waals surface area contributed by atoms with E-state index in [9.17, 15) is 14.7 Å². The number of pyridine rings is 2. The summed E-state index contributed by atoms with van der Waals surface area (Å²) < 4.78 is 9.43. The molecule has 42 heavy (non-hydrogen) atoms. The van der Waals surface area contributed by atoms with Gasteiger partial charge in [0, 0.05) is 23.7 Å². The van der Waals surface area contributed by atoms with Crippen LogP contribution in [0.1, 0.15) is 93.1 Å². The molecule has 4 aromatic rings. The molecule has 0 bridgehead atoms. The molecule has 2 N–H and O–H groups in total. The third-order valence-electron chi connectivity index (χ3n) is 9.34. The molecule has 1 aromatic carbocycles. The summed E-state index contributed by atoms with van der Waals surface area (Å²) in [5.74, 6) is 2.14. The molecular weight excluding hydrogens is 528 g/mol. The van der Waals surface area contributed by atoms with Crippen molar-refractivity contribution in [3.05, 3.63) is 76.5 Å². The van der Waals surface area contributed by atoms with Crippen molar-refractivity contribution in [1.82, 2.24) is 19.5 Å². The molecule has 8 heteroatoms. The molecule has 1 amide bonds. The van der Waals surface area contributed by atoms with Crippen LogP contribution >= 0.6 is 0 Å². The average molecular weight is 569 g/mol. The summed E-state index contributed by atoms with van der Waals surface area (Å²) in [6.07, 6.45) is 14.2. The molecule has 0 atom stereocenters. The first-order chi connectivity index (χ1) is 20.2. The van der Waals surface area contributed by atoms with E-state index in [0.717, 1.165) is 36.5 Å². The Morgan fingerprint density at radius 2 is 1.69 bits per heavy atom. The summed E-state index contributed by atoms with van der Waals surface area (Å²) in [5, 5.41) is 19.5. The topological polar surface area (TPSA) is 97.9 Å². The molecule has 3 fully saturated rings. The maximum absolute atomic E-state index is 13.6. The number of carbonyl (C=O) groups excluding carboxylic acids is 1.